The lowest BCUT2D eigenvalue weighted by Crippen LogP contribution is -2.42. The second kappa shape index (κ2) is 5.05. The highest BCUT2D eigenvalue weighted by Gasteiger charge is 2.40. The van der Waals surface area contributed by atoms with Crippen LogP contribution in [0.25, 0.3) is 0 Å². The zero-order valence-electron chi connectivity index (χ0n) is 10.7. The fourth-order valence-corrected chi connectivity index (χ4v) is 2.96. The summed E-state index contributed by atoms with van der Waals surface area (Å²) in [6, 6.07) is 0. The van der Waals surface area contributed by atoms with E-state index in [4.69, 9.17) is 0 Å². The molecule has 0 aliphatic heterocycles. The molecule has 2 rings (SSSR count). The van der Waals surface area contributed by atoms with Crippen LogP contribution in [0.1, 0.15) is 64.7 Å². The first kappa shape index (κ1) is 12.4. The number of rotatable bonds is 5. The third-order valence-electron chi connectivity index (χ3n) is 4.70. The van der Waals surface area contributed by atoms with Gasteiger partial charge in [0.25, 0.3) is 0 Å². The van der Waals surface area contributed by atoms with Gasteiger partial charge in [0.1, 0.15) is 0 Å². The topological polar surface area (TPSA) is 32.3 Å². The van der Waals surface area contributed by atoms with Crippen LogP contribution in [0, 0.1) is 5.41 Å². The van der Waals surface area contributed by atoms with Gasteiger partial charge in [0, 0.05) is 13.1 Å². The first-order chi connectivity index (χ1) is 7.68. The minimum absolute atomic E-state index is 0.402. The molecule has 0 radical (unpaired) electrons. The molecule has 0 aromatic heterocycles. The normalized spacial score (nSPS) is 27.4. The van der Waals surface area contributed by atoms with Crippen molar-refractivity contribution in [2.45, 2.75) is 70.3 Å². The molecule has 0 bridgehead atoms. The quantitative estimate of drug-likeness (QED) is 0.705. The van der Waals surface area contributed by atoms with Crippen molar-refractivity contribution >= 4 is 0 Å². The van der Waals surface area contributed by atoms with Gasteiger partial charge in [-0.2, -0.15) is 0 Å². The van der Waals surface area contributed by atoms with E-state index in [-0.39, 0.29) is 0 Å². The van der Waals surface area contributed by atoms with Crippen LogP contribution in [0.2, 0.25) is 0 Å². The molecule has 2 nitrogen and oxygen atoms in total. The van der Waals surface area contributed by atoms with E-state index in [1.807, 2.05) is 0 Å². The zero-order valence-corrected chi connectivity index (χ0v) is 10.7. The Hall–Kier alpha value is -0.0800. The highest BCUT2D eigenvalue weighted by molar-refractivity contribution is 4.94. The van der Waals surface area contributed by atoms with Crippen LogP contribution in [0.3, 0.4) is 0 Å². The van der Waals surface area contributed by atoms with Crippen molar-refractivity contribution in [1.29, 1.82) is 0 Å². The lowest BCUT2D eigenvalue weighted by Gasteiger charge is -2.28. The van der Waals surface area contributed by atoms with Crippen LogP contribution in [0.15, 0.2) is 0 Å². The summed E-state index contributed by atoms with van der Waals surface area (Å²) < 4.78 is 0. The van der Waals surface area contributed by atoms with Crippen LogP contribution in [0.5, 0.6) is 0 Å². The lowest BCUT2D eigenvalue weighted by atomic mass is 9.94. The molecule has 2 aliphatic rings. The van der Waals surface area contributed by atoms with E-state index in [2.05, 4.69) is 12.2 Å². The number of hydrogen-bond donors (Lipinski definition) is 2. The van der Waals surface area contributed by atoms with Gasteiger partial charge in [0.15, 0.2) is 0 Å². The van der Waals surface area contributed by atoms with Gasteiger partial charge in [-0.25, -0.2) is 0 Å². The van der Waals surface area contributed by atoms with Gasteiger partial charge < -0.3 is 10.4 Å². The molecule has 0 aromatic carbocycles. The van der Waals surface area contributed by atoms with E-state index in [0.29, 0.717) is 5.41 Å². The maximum absolute atomic E-state index is 10.5. The molecule has 2 aliphatic carbocycles. The Bertz CT molecular complexity index is 215. The molecule has 0 amide bonds. The maximum Gasteiger partial charge on any atom is 0.0771 e. The molecule has 0 heterocycles. The molecule has 2 N–H and O–H groups in total. The van der Waals surface area contributed by atoms with E-state index < -0.39 is 5.60 Å². The van der Waals surface area contributed by atoms with Gasteiger partial charge in [-0.3, -0.25) is 0 Å². The summed E-state index contributed by atoms with van der Waals surface area (Å²) in [4.78, 5) is 0. The summed E-state index contributed by atoms with van der Waals surface area (Å²) in [7, 11) is 0. The molecule has 0 aromatic rings. The molecular weight excluding hydrogens is 198 g/mol. The van der Waals surface area contributed by atoms with Gasteiger partial charge in [-0.05, 0) is 37.5 Å². The Morgan fingerprint density at radius 1 is 0.938 bits per heavy atom. The van der Waals surface area contributed by atoms with Crippen molar-refractivity contribution in [2.75, 3.05) is 13.1 Å². The van der Waals surface area contributed by atoms with Gasteiger partial charge in [0.2, 0.25) is 0 Å². The minimum atomic E-state index is -0.402. The van der Waals surface area contributed by atoms with Gasteiger partial charge >= 0.3 is 0 Å². The molecule has 2 saturated carbocycles. The Labute approximate surface area is 99.8 Å². The summed E-state index contributed by atoms with van der Waals surface area (Å²) >= 11 is 0. The predicted octanol–water partition coefficient (Wildman–Crippen LogP) is 2.85. The van der Waals surface area contributed by atoms with Crippen LogP contribution in [-0.4, -0.2) is 23.8 Å². The van der Waals surface area contributed by atoms with E-state index in [0.717, 1.165) is 25.9 Å². The predicted molar refractivity (Wildman–Crippen MR) is 67.5 cm³/mol. The van der Waals surface area contributed by atoms with Crippen molar-refractivity contribution < 1.29 is 5.11 Å². The van der Waals surface area contributed by atoms with Crippen molar-refractivity contribution in [3.63, 3.8) is 0 Å². The average molecular weight is 225 g/mol. The van der Waals surface area contributed by atoms with Crippen LogP contribution < -0.4 is 5.32 Å². The monoisotopic (exact) mass is 225 g/mol. The van der Waals surface area contributed by atoms with Crippen molar-refractivity contribution in [3.8, 4) is 0 Å². The fourth-order valence-electron chi connectivity index (χ4n) is 2.96. The largest absolute Gasteiger partial charge is 0.389 e. The zero-order chi connectivity index (χ0) is 11.5. The second-order valence-corrected chi connectivity index (χ2v) is 6.10. The van der Waals surface area contributed by atoms with Crippen molar-refractivity contribution in [1.82, 2.24) is 5.32 Å². The SMILES string of the molecule is CCC1(CNCC2(O)CCCCCC2)CC1. The van der Waals surface area contributed by atoms with E-state index in [9.17, 15) is 5.11 Å². The highest BCUT2D eigenvalue weighted by atomic mass is 16.3. The van der Waals surface area contributed by atoms with Gasteiger partial charge in [0.05, 0.1) is 5.60 Å². The van der Waals surface area contributed by atoms with Crippen molar-refractivity contribution in [2.24, 2.45) is 5.41 Å². The molecule has 0 spiro atoms. The van der Waals surface area contributed by atoms with Crippen molar-refractivity contribution in [3.05, 3.63) is 0 Å². The molecule has 0 atom stereocenters. The lowest BCUT2D eigenvalue weighted by molar-refractivity contribution is 0.0243. The summed E-state index contributed by atoms with van der Waals surface area (Å²) in [5.41, 5.74) is 0.196. The summed E-state index contributed by atoms with van der Waals surface area (Å²) in [6.07, 6.45) is 11.1. The summed E-state index contributed by atoms with van der Waals surface area (Å²) in [6.45, 7) is 4.22. The average Bonchev–Trinajstić information content (AvgIpc) is 3.05. The highest BCUT2D eigenvalue weighted by Crippen LogP contribution is 2.47. The first-order valence-electron chi connectivity index (χ1n) is 7.11. The Morgan fingerprint density at radius 3 is 2.06 bits per heavy atom. The second-order valence-electron chi connectivity index (χ2n) is 6.10. The number of aliphatic hydroxyl groups is 1. The van der Waals surface area contributed by atoms with Crippen LogP contribution in [-0.2, 0) is 0 Å². The fraction of sp³-hybridized carbons (Fsp3) is 1.00. The maximum atomic E-state index is 10.5. The molecule has 16 heavy (non-hydrogen) atoms. The van der Waals surface area contributed by atoms with Gasteiger partial charge in [-0.1, -0.05) is 32.6 Å². The Morgan fingerprint density at radius 2 is 1.56 bits per heavy atom. The number of hydrogen-bond acceptors (Lipinski definition) is 2. The van der Waals surface area contributed by atoms with Crippen LogP contribution >= 0.6 is 0 Å². The molecule has 2 heteroatoms. The molecular formula is C14H27NO. The molecule has 0 unspecified atom stereocenters. The third-order valence-corrected chi connectivity index (χ3v) is 4.70. The first-order valence-corrected chi connectivity index (χ1v) is 7.11. The van der Waals surface area contributed by atoms with Crippen LogP contribution in [0.4, 0.5) is 0 Å². The van der Waals surface area contributed by atoms with E-state index in [1.165, 1.54) is 44.9 Å². The van der Waals surface area contributed by atoms with Gasteiger partial charge in [-0.15, -0.1) is 0 Å². The minimum Gasteiger partial charge on any atom is -0.389 e. The Balaban J connectivity index is 1.71. The Kier molecular flexibility index (Phi) is 3.91. The summed E-state index contributed by atoms with van der Waals surface area (Å²) in [5, 5.41) is 14.0. The van der Waals surface area contributed by atoms with E-state index in [1.54, 1.807) is 0 Å². The standard InChI is InChI=1S/C14H27NO/c1-2-13(9-10-13)11-15-12-14(16)7-5-3-4-6-8-14/h15-16H,2-12H2,1H3. The number of nitrogens with one attached hydrogen (secondary N) is 1. The molecule has 94 valence electrons. The third kappa shape index (κ3) is 3.21. The molecule has 0 saturated heterocycles. The smallest absolute Gasteiger partial charge is 0.0771 e. The summed E-state index contributed by atoms with van der Waals surface area (Å²) in [5.74, 6) is 0. The molecule has 2 fully saturated rings. The van der Waals surface area contributed by atoms with E-state index >= 15 is 0 Å².